The second-order valence-electron chi connectivity index (χ2n) is 2.56. The van der Waals surface area contributed by atoms with Gasteiger partial charge in [0.15, 0.2) is 4.50 Å². The Bertz CT molecular complexity index is 256. The summed E-state index contributed by atoms with van der Waals surface area (Å²) in [5.74, 6) is 0.790. The van der Waals surface area contributed by atoms with Gasteiger partial charge in [-0.3, -0.25) is 0 Å². The first-order valence-electron chi connectivity index (χ1n) is 4.53. The quantitative estimate of drug-likeness (QED) is 0.424. The first kappa shape index (κ1) is 14.3. The Morgan fingerprint density at radius 2 is 2.00 bits per heavy atom. The molecule has 0 aromatic rings. The molecule has 15 heavy (non-hydrogen) atoms. The first-order valence-corrected chi connectivity index (χ1v) is 5.89. The number of thioether (sulfide) groups is 1. The Morgan fingerprint density at radius 3 is 2.40 bits per heavy atom. The summed E-state index contributed by atoms with van der Waals surface area (Å²) in [6, 6.07) is -0.360. The largest absolute Gasteiger partial charge is 0.346 e. The third-order valence-corrected chi connectivity index (χ3v) is 2.45. The monoisotopic (exact) mass is 246 g/mol. The number of carbonyl (C=O) groups excluding carboxylic acids is 1. The Kier molecular flexibility index (Phi) is 8.14. The van der Waals surface area contributed by atoms with Crippen LogP contribution in [0.1, 0.15) is 6.92 Å². The summed E-state index contributed by atoms with van der Waals surface area (Å²) in [6.07, 6.45) is 3.27. The smallest absolute Gasteiger partial charge is 0.315 e. The molecule has 0 atom stereocenters. The molecule has 0 aromatic carbocycles. The van der Waals surface area contributed by atoms with Gasteiger partial charge in [0, 0.05) is 13.1 Å². The number of carbonyl (C=O) groups is 1. The summed E-state index contributed by atoms with van der Waals surface area (Å²) in [7, 11) is 0. The number of rotatable bonds is 5. The molecular formula is C10H15ClN2OS. The summed E-state index contributed by atoms with van der Waals surface area (Å²) in [5.41, 5.74) is 0. The second-order valence-corrected chi connectivity index (χ2v) is 4.40. The van der Waals surface area contributed by atoms with E-state index in [4.69, 9.17) is 11.6 Å². The molecule has 0 fully saturated rings. The fourth-order valence-electron chi connectivity index (χ4n) is 0.840. The van der Waals surface area contributed by atoms with Crippen molar-refractivity contribution in [3.63, 3.8) is 0 Å². The fourth-order valence-corrected chi connectivity index (χ4v) is 1.62. The highest BCUT2D eigenvalue weighted by molar-refractivity contribution is 8.16. The molecule has 0 heterocycles. The molecule has 2 amide bonds. The van der Waals surface area contributed by atoms with Crippen LogP contribution in [0, 0.1) is 0 Å². The average molecular weight is 247 g/mol. The third-order valence-electron chi connectivity index (χ3n) is 1.42. The van der Waals surface area contributed by atoms with Gasteiger partial charge < -0.3 is 4.90 Å². The zero-order valence-electron chi connectivity index (χ0n) is 8.78. The number of amides is 2. The minimum atomic E-state index is -0.360. The highest BCUT2D eigenvalue weighted by Gasteiger charge is 2.09. The molecule has 0 aliphatic heterocycles. The fraction of sp³-hybridized carbons (Fsp3) is 0.400. The molecule has 0 aliphatic rings. The predicted molar refractivity (Wildman–Crippen MR) is 68.8 cm³/mol. The van der Waals surface area contributed by atoms with Crippen molar-refractivity contribution in [1.29, 1.82) is 0 Å². The van der Waals surface area contributed by atoms with Crippen LogP contribution in [0.4, 0.5) is 4.79 Å². The standard InChI is InChI=1S/C10H15ClN2OS/c1-4-7-13(8-5-2)10(14)12-9(11)15-6-3/h4-5H,1-2,6-8H2,3H3/b12-9+. The van der Waals surface area contributed by atoms with Crippen molar-refractivity contribution in [2.75, 3.05) is 18.8 Å². The van der Waals surface area contributed by atoms with E-state index in [9.17, 15) is 4.79 Å². The van der Waals surface area contributed by atoms with Crippen LogP contribution in [0.15, 0.2) is 30.3 Å². The second kappa shape index (κ2) is 8.56. The molecule has 5 heteroatoms. The summed E-state index contributed by atoms with van der Waals surface area (Å²) >= 11 is 7.06. The van der Waals surface area contributed by atoms with Gasteiger partial charge in [-0.05, 0) is 5.75 Å². The molecule has 0 aliphatic carbocycles. The number of hydrogen-bond acceptors (Lipinski definition) is 2. The molecule has 0 bridgehead atoms. The lowest BCUT2D eigenvalue weighted by Gasteiger charge is -2.15. The van der Waals surface area contributed by atoms with E-state index in [1.807, 2.05) is 6.92 Å². The molecule has 0 N–H and O–H groups in total. The maximum absolute atomic E-state index is 11.6. The van der Waals surface area contributed by atoms with Crippen molar-refractivity contribution in [3.8, 4) is 0 Å². The SMILES string of the molecule is C=CCN(CC=C)C(=O)/N=C(\Cl)SCC. The summed E-state index contributed by atoms with van der Waals surface area (Å²) < 4.78 is 0.264. The molecule has 0 unspecified atom stereocenters. The van der Waals surface area contributed by atoms with Gasteiger partial charge in [-0.1, -0.05) is 42.4 Å². The lowest BCUT2D eigenvalue weighted by molar-refractivity contribution is 0.218. The van der Waals surface area contributed by atoms with Crippen LogP contribution in [0.25, 0.3) is 0 Å². The Hall–Kier alpha value is -0.740. The van der Waals surface area contributed by atoms with E-state index >= 15 is 0 Å². The van der Waals surface area contributed by atoms with E-state index in [-0.39, 0.29) is 10.5 Å². The average Bonchev–Trinajstić information content (AvgIpc) is 2.17. The number of aliphatic imine (C=N–C) groups is 1. The zero-order valence-corrected chi connectivity index (χ0v) is 10.4. The maximum Gasteiger partial charge on any atom is 0.346 e. The van der Waals surface area contributed by atoms with Gasteiger partial charge in [-0.25, -0.2) is 4.79 Å². The molecule has 0 radical (unpaired) electrons. The molecule has 0 rings (SSSR count). The van der Waals surface area contributed by atoms with E-state index in [1.54, 1.807) is 12.2 Å². The van der Waals surface area contributed by atoms with E-state index in [0.29, 0.717) is 13.1 Å². The van der Waals surface area contributed by atoms with E-state index in [2.05, 4.69) is 18.2 Å². The van der Waals surface area contributed by atoms with Crippen molar-refractivity contribution in [2.45, 2.75) is 6.92 Å². The molecule has 3 nitrogen and oxygen atoms in total. The molecule has 84 valence electrons. The van der Waals surface area contributed by atoms with Crippen molar-refractivity contribution in [1.82, 2.24) is 4.90 Å². The van der Waals surface area contributed by atoms with Crippen LogP contribution < -0.4 is 0 Å². The third kappa shape index (κ3) is 6.36. The van der Waals surface area contributed by atoms with Crippen molar-refractivity contribution >= 4 is 33.9 Å². The molecule has 0 saturated carbocycles. The van der Waals surface area contributed by atoms with Crippen molar-refractivity contribution in [2.24, 2.45) is 4.99 Å². The Balaban J connectivity index is 4.41. The van der Waals surface area contributed by atoms with Gasteiger partial charge in [-0.15, -0.1) is 13.2 Å². The van der Waals surface area contributed by atoms with Gasteiger partial charge in [0.2, 0.25) is 0 Å². The van der Waals surface area contributed by atoms with E-state index in [1.165, 1.54) is 16.7 Å². The molecule has 0 spiro atoms. The number of nitrogens with zero attached hydrogens (tertiary/aromatic N) is 2. The highest BCUT2D eigenvalue weighted by atomic mass is 35.5. The minimum absolute atomic E-state index is 0.264. The summed E-state index contributed by atoms with van der Waals surface area (Å²) in [6.45, 7) is 9.95. The molecule has 0 aromatic heterocycles. The van der Waals surface area contributed by atoms with Crippen molar-refractivity contribution < 1.29 is 4.79 Å². The van der Waals surface area contributed by atoms with Crippen LogP contribution in [0.5, 0.6) is 0 Å². The zero-order chi connectivity index (χ0) is 11.7. The summed E-state index contributed by atoms with van der Waals surface area (Å²) in [5, 5.41) is 0. The van der Waals surface area contributed by atoms with Gasteiger partial charge in [0.1, 0.15) is 0 Å². The van der Waals surface area contributed by atoms with Crippen LogP contribution in [-0.2, 0) is 0 Å². The first-order chi connectivity index (χ1) is 7.15. The normalized spacial score (nSPS) is 10.9. The summed E-state index contributed by atoms with van der Waals surface area (Å²) in [4.78, 5) is 16.8. The lowest BCUT2D eigenvalue weighted by Crippen LogP contribution is -2.28. The Labute approximate surface area is 99.9 Å². The van der Waals surface area contributed by atoms with Crippen LogP contribution in [0.2, 0.25) is 0 Å². The topological polar surface area (TPSA) is 32.7 Å². The number of halogens is 1. The van der Waals surface area contributed by atoms with Gasteiger partial charge in [0.25, 0.3) is 0 Å². The minimum Gasteiger partial charge on any atom is -0.315 e. The van der Waals surface area contributed by atoms with Gasteiger partial charge in [-0.2, -0.15) is 4.99 Å². The number of urea groups is 1. The van der Waals surface area contributed by atoms with Crippen LogP contribution in [-0.4, -0.2) is 34.3 Å². The van der Waals surface area contributed by atoms with Crippen LogP contribution >= 0.6 is 23.4 Å². The highest BCUT2D eigenvalue weighted by Crippen LogP contribution is 2.08. The van der Waals surface area contributed by atoms with Crippen LogP contribution in [0.3, 0.4) is 0 Å². The van der Waals surface area contributed by atoms with Crippen molar-refractivity contribution in [3.05, 3.63) is 25.3 Å². The van der Waals surface area contributed by atoms with E-state index < -0.39 is 0 Å². The number of hydrogen-bond donors (Lipinski definition) is 0. The molecule has 0 saturated heterocycles. The molecular weight excluding hydrogens is 232 g/mol. The Morgan fingerprint density at radius 1 is 1.47 bits per heavy atom. The van der Waals surface area contributed by atoms with Gasteiger partial charge in [0.05, 0.1) is 0 Å². The lowest BCUT2D eigenvalue weighted by atomic mass is 10.5. The predicted octanol–water partition coefficient (Wildman–Crippen LogP) is 3.13. The van der Waals surface area contributed by atoms with Gasteiger partial charge >= 0.3 is 6.03 Å². The maximum atomic E-state index is 11.6. The van der Waals surface area contributed by atoms with E-state index in [0.717, 1.165) is 5.75 Å².